The van der Waals surface area contributed by atoms with Crippen molar-refractivity contribution >= 4 is 0 Å². The van der Waals surface area contributed by atoms with E-state index in [0.717, 1.165) is 0 Å². The van der Waals surface area contributed by atoms with Crippen LogP contribution in [0.4, 0.5) is 0 Å². The maximum absolute atomic E-state index is 5.01. The van der Waals surface area contributed by atoms with Crippen LogP contribution >= 0.6 is 0 Å². The molecule has 1 atom stereocenters. The minimum Gasteiger partial charge on any atom is -0.304 e. The Morgan fingerprint density at radius 2 is 2.23 bits per heavy atom. The van der Waals surface area contributed by atoms with Crippen molar-refractivity contribution in [2.24, 2.45) is 5.90 Å². The van der Waals surface area contributed by atoms with Gasteiger partial charge < -0.3 is 4.84 Å². The van der Waals surface area contributed by atoms with Crippen LogP contribution in [0.15, 0.2) is 12.4 Å². The van der Waals surface area contributed by atoms with Gasteiger partial charge in [0.15, 0.2) is 0 Å². The van der Waals surface area contributed by atoms with Crippen LogP contribution in [0, 0.1) is 0 Å². The fourth-order valence-electron chi connectivity index (χ4n) is 1.13. The molecule has 0 aliphatic heterocycles. The molecule has 0 saturated heterocycles. The first-order valence-corrected chi connectivity index (χ1v) is 4.51. The number of nitrogens with zero attached hydrogens (tertiary/aromatic N) is 2. The molecule has 1 unspecified atom stereocenters. The summed E-state index contributed by atoms with van der Waals surface area (Å²) in [5, 5.41) is 4.24. The lowest BCUT2D eigenvalue weighted by molar-refractivity contribution is 0.126. The van der Waals surface area contributed by atoms with E-state index >= 15 is 0 Å². The van der Waals surface area contributed by atoms with E-state index in [1.165, 1.54) is 5.56 Å². The Kier molecular flexibility index (Phi) is 3.45. The van der Waals surface area contributed by atoms with Crippen LogP contribution in [0.3, 0.4) is 0 Å². The molecule has 74 valence electrons. The summed E-state index contributed by atoms with van der Waals surface area (Å²) in [5.74, 6) is 5.31. The number of nitrogens with two attached hydrogens (primary N) is 1. The molecule has 1 aromatic rings. The highest BCUT2D eigenvalue weighted by Gasteiger charge is 2.08. The SMILES string of the molecule is CC(CON)c1cnn(C(C)C)c1. The first-order valence-electron chi connectivity index (χ1n) is 4.51. The molecule has 0 spiro atoms. The van der Waals surface area contributed by atoms with Crippen LogP contribution < -0.4 is 5.90 Å². The third-order valence-corrected chi connectivity index (χ3v) is 2.07. The van der Waals surface area contributed by atoms with Gasteiger partial charge in [0.25, 0.3) is 0 Å². The normalized spacial score (nSPS) is 13.6. The summed E-state index contributed by atoms with van der Waals surface area (Å²) in [6.45, 7) is 6.79. The lowest BCUT2D eigenvalue weighted by Crippen LogP contribution is -2.08. The monoisotopic (exact) mass is 183 g/mol. The third kappa shape index (κ3) is 2.54. The predicted molar refractivity (Wildman–Crippen MR) is 51.2 cm³/mol. The average molecular weight is 183 g/mol. The quantitative estimate of drug-likeness (QED) is 0.719. The van der Waals surface area contributed by atoms with Gasteiger partial charge >= 0.3 is 0 Å². The summed E-state index contributed by atoms with van der Waals surface area (Å²) in [5.41, 5.74) is 1.17. The summed E-state index contributed by atoms with van der Waals surface area (Å²) < 4.78 is 1.93. The highest BCUT2D eigenvalue weighted by Crippen LogP contribution is 2.15. The average Bonchev–Trinajstić information content (AvgIpc) is 2.52. The zero-order valence-electron chi connectivity index (χ0n) is 8.40. The van der Waals surface area contributed by atoms with Crippen LogP contribution in [0.25, 0.3) is 0 Å². The fourth-order valence-corrected chi connectivity index (χ4v) is 1.13. The summed E-state index contributed by atoms with van der Waals surface area (Å²) in [7, 11) is 0. The summed E-state index contributed by atoms with van der Waals surface area (Å²) in [6.07, 6.45) is 3.90. The Balaban J connectivity index is 2.67. The molecule has 1 rings (SSSR count). The lowest BCUT2D eigenvalue weighted by Gasteiger charge is -2.06. The zero-order valence-corrected chi connectivity index (χ0v) is 8.40. The van der Waals surface area contributed by atoms with E-state index < -0.39 is 0 Å². The standard InChI is InChI=1S/C9H17N3O/c1-7(2)12-5-9(4-11-12)8(3)6-13-10/h4-5,7-8H,6,10H2,1-3H3. The highest BCUT2D eigenvalue weighted by molar-refractivity contribution is 5.10. The van der Waals surface area contributed by atoms with Crippen molar-refractivity contribution in [1.82, 2.24) is 9.78 Å². The van der Waals surface area contributed by atoms with E-state index in [1.807, 2.05) is 17.1 Å². The Morgan fingerprint density at radius 1 is 1.54 bits per heavy atom. The van der Waals surface area contributed by atoms with Gasteiger partial charge in [0.1, 0.15) is 0 Å². The van der Waals surface area contributed by atoms with Gasteiger partial charge in [0.2, 0.25) is 0 Å². The van der Waals surface area contributed by atoms with E-state index in [4.69, 9.17) is 5.90 Å². The second-order valence-electron chi connectivity index (χ2n) is 3.58. The minimum atomic E-state index is 0.303. The topological polar surface area (TPSA) is 53.1 Å². The van der Waals surface area contributed by atoms with E-state index in [0.29, 0.717) is 18.6 Å². The maximum Gasteiger partial charge on any atom is 0.0746 e. The first-order chi connectivity index (χ1) is 6.15. The molecule has 0 aliphatic rings. The van der Waals surface area contributed by atoms with E-state index in [-0.39, 0.29) is 0 Å². The van der Waals surface area contributed by atoms with Gasteiger partial charge in [-0.25, -0.2) is 5.90 Å². The lowest BCUT2D eigenvalue weighted by atomic mass is 10.1. The molecule has 0 saturated carbocycles. The second-order valence-corrected chi connectivity index (χ2v) is 3.58. The fraction of sp³-hybridized carbons (Fsp3) is 0.667. The van der Waals surface area contributed by atoms with Crippen molar-refractivity contribution in [3.8, 4) is 0 Å². The Labute approximate surface area is 78.6 Å². The predicted octanol–water partition coefficient (Wildman–Crippen LogP) is 1.46. The van der Waals surface area contributed by atoms with Gasteiger partial charge in [-0.2, -0.15) is 5.10 Å². The van der Waals surface area contributed by atoms with Gasteiger partial charge in [0.05, 0.1) is 12.8 Å². The molecule has 2 N–H and O–H groups in total. The van der Waals surface area contributed by atoms with Crippen molar-refractivity contribution in [2.45, 2.75) is 32.7 Å². The van der Waals surface area contributed by atoms with E-state index in [2.05, 4.69) is 30.7 Å². The summed E-state index contributed by atoms with van der Waals surface area (Å²) in [4.78, 5) is 4.59. The van der Waals surface area contributed by atoms with Gasteiger partial charge in [-0.1, -0.05) is 6.92 Å². The van der Waals surface area contributed by atoms with Crippen LogP contribution in [0.2, 0.25) is 0 Å². The Hall–Kier alpha value is -0.870. The smallest absolute Gasteiger partial charge is 0.0746 e. The molecule has 4 nitrogen and oxygen atoms in total. The summed E-state index contributed by atoms with van der Waals surface area (Å²) in [6, 6.07) is 0.403. The Morgan fingerprint density at radius 3 is 2.69 bits per heavy atom. The molecular formula is C9H17N3O. The van der Waals surface area contributed by atoms with Crippen molar-refractivity contribution in [3.05, 3.63) is 18.0 Å². The van der Waals surface area contributed by atoms with Gasteiger partial charge in [-0.15, -0.1) is 0 Å². The number of hydrogen-bond donors (Lipinski definition) is 1. The van der Waals surface area contributed by atoms with Gasteiger partial charge in [-0.05, 0) is 19.4 Å². The van der Waals surface area contributed by atoms with Crippen LogP contribution in [0.1, 0.15) is 38.3 Å². The van der Waals surface area contributed by atoms with E-state index in [1.54, 1.807) is 0 Å². The van der Waals surface area contributed by atoms with Gasteiger partial charge in [-0.3, -0.25) is 4.68 Å². The third-order valence-electron chi connectivity index (χ3n) is 2.07. The molecule has 0 radical (unpaired) electrons. The minimum absolute atomic E-state index is 0.303. The molecule has 4 heteroatoms. The van der Waals surface area contributed by atoms with Gasteiger partial charge in [0, 0.05) is 18.2 Å². The number of rotatable bonds is 4. The maximum atomic E-state index is 5.01. The molecule has 0 aliphatic carbocycles. The molecule has 13 heavy (non-hydrogen) atoms. The Bertz CT molecular complexity index is 257. The van der Waals surface area contributed by atoms with Crippen LogP contribution in [-0.4, -0.2) is 16.4 Å². The molecule has 0 aromatic carbocycles. The molecule has 0 amide bonds. The molecule has 1 aromatic heterocycles. The second kappa shape index (κ2) is 4.39. The first kappa shape index (κ1) is 10.2. The zero-order chi connectivity index (χ0) is 9.84. The summed E-state index contributed by atoms with van der Waals surface area (Å²) >= 11 is 0. The van der Waals surface area contributed by atoms with E-state index in [9.17, 15) is 0 Å². The highest BCUT2D eigenvalue weighted by atomic mass is 16.6. The molecule has 0 fully saturated rings. The van der Waals surface area contributed by atoms with Crippen LogP contribution in [0.5, 0.6) is 0 Å². The van der Waals surface area contributed by atoms with Crippen molar-refractivity contribution in [1.29, 1.82) is 0 Å². The van der Waals surface area contributed by atoms with Crippen molar-refractivity contribution in [2.75, 3.05) is 6.61 Å². The number of aromatic nitrogens is 2. The number of hydrogen-bond acceptors (Lipinski definition) is 3. The molecule has 1 heterocycles. The van der Waals surface area contributed by atoms with Crippen molar-refractivity contribution in [3.63, 3.8) is 0 Å². The molecular weight excluding hydrogens is 166 g/mol. The largest absolute Gasteiger partial charge is 0.304 e. The van der Waals surface area contributed by atoms with Crippen molar-refractivity contribution < 1.29 is 4.84 Å². The van der Waals surface area contributed by atoms with Crippen LogP contribution in [-0.2, 0) is 4.84 Å². The molecule has 0 bridgehead atoms.